The quantitative estimate of drug-likeness (QED) is 0.0340. The summed E-state index contributed by atoms with van der Waals surface area (Å²) in [5.41, 5.74) is 0. The van der Waals surface area contributed by atoms with Gasteiger partial charge in [0, 0.05) is 0 Å². The minimum atomic E-state index is -0.886. The minimum Gasteiger partial charge on any atom is -0.465 e. The number of ether oxygens (including phenoxy) is 4. The maximum atomic E-state index is 13.9. The van der Waals surface area contributed by atoms with Crippen molar-refractivity contribution >= 4 is 23.9 Å². The van der Waals surface area contributed by atoms with Gasteiger partial charge in [0.1, 0.15) is 0 Å². The summed E-state index contributed by atoms with van der Waals surface area (Å²) in [6, 6.07) is 0. The second kappa shape index (κ2) is 38.2. The van der Waals surface area contributed by atoms with Gasteiger partial charge >= 0.3 is 23.9 Å². The molecule has 4 atom stereocenters. The average molecular weight is 877 g/mol. The second-order valence-corrected chi connectivity index (χ2v) is 20.8. The summed E-state index contributed by atoms with van der Waals surface area (Å²) in [5.74, 6) is -2.56. The molecule has 4 unspecified atom stereocenters. The Morgan fingerprint density at radius 1 is 0.290 bits per heavy atom. The maximum Gasteiger partial charge on any atom is 0.309 e. The molecule has 0 spiro atoms. The van der Waals surface area contributed by atoms with E-state index in [2.05, 4.69) is 55.4 Å². The number of carbonyl (C=O) groups excluding carboxylic acids is 4. The molecule has 8 heteroatoms. The van der Waals surface area contributed by atoms with Crippen LogP contribution in [0.5, 0.6) is 0 Å². The van der Waals surface area contributed by atoms with E-state index in [-0.39, 0.29) is 39.3 Å². The molecule has 1 rings (SSSR count). The van der Waals surface area contributed by atoms with Crippen molar-refractivity contribution in [3.05, 3.63) is 0 Å². The average Bonchev–Trinajstić information content (AvgIpc) is 3.22. The summed E-state index contributed by atoms with van der Waals surface area (Å²) in [4.78, 5) is 55.4. The van der Waals surface area contributed by atoms with Gasteiger partial charge in [-0.3, -0.25) is 19.2 Å². The normalized spacial score (nSPS) is 17.9. The Hall–Kier alpha value is -2.12. The standard InChI is InChI=1S/C54H100O8/c1-43(2)33-25-17-9-13-21-29-37-59-51(55)47-41-49(53(57)61-39-31-23-15-11-19-27-35-45(5)6)50(54(58)62-40-32-24-16-12-20-28-36-46(7)8)42-48(47)52(56)60-38-30-22-14-10-18-26-34-44(3)4/h43-50H,9-42H2,1-8H3. The predicted octanol–water partition coefficient (Wildman–Crippen LogP) is 15.0. The number of esters is 4. The lowest BCUT2D eigenvalue weighted by atomic mass is 9.68. The van der Waals surface area contributed by atoms with Crippen LogP contribution in [0.2, 0.25) is 0 Å². The zero-order valence-corrected chi connectivity index (χ0v) is 41.9. The van der Waals surface area contributed by atoms with Crippen LogP contribution >= 0.6 is 0 Å². The highest BCUT2D eigenvalue weighted by Crippen LogP contribution is 2.41. The van der Waals surface area contributed by atoms with Gasteiger partial charge in [-0.05, 0) is 62.2 Å². The second-order valence-electron chi connectivity index (χ2n) is 20.8. The molecule has 0 aromatic carbocycles. The Balaban J connectivity index is 2.97. The van der Waals surface area contributed by atoms with E-state index in [1.54, 1.807) is 0 Å². The monoisotopic (exact) mass is 877 g/mol. The first kappa shape index (κ1) is 57.9. The van der Waals surface area contributed by atoms with E-state index >= 15 is 0 Å². The highest BCUT2D eigenvalue weighted by Gasteiger charge is 2.51. The van der Waals surface area contributed by atoms with Crippen molar-refractivity contribution in [2.45, 2.75) is 248 Å². The Bertz CT molecular complexity index is 946. The molecule has 1 fully saturated rings. The van der Waals surface area contributed by atoms with Crippen LogP contribution in [0, 0.1) is 47.3 Å². The zero-order chi connectivity index (χ0) is 45.8. The van der Waals surface area contributed by atoms with E-state index < -0.39 is 47.5 Å². The molecule has 62 heavy (non-hydrogen) atoms. The summed E-state index contributed by atoms with van der Waals surface area (Å²) in [7, 11) is 0. The molecule has 0 amide bonds. The fraction of sp³-hybridized carbons (Fsp3) is 0.926. The van der Waals surface area contributed by atoms with Gasteiger partial charge in [0.05, 0.1) is 50.1 Å². The Labute approximate surface area is 382 Å². The molecule has 8 nitrogen and oxygen atoms in total. The molecule has 0 aromatic heterocycles. The molecule has 0 radical (unpaired) electrons. The van der Waals surface area contributed by atoms with Crippen molar-refractivity contribution in [2.24, 2.45) is 47.3 Å². The molecule has 0 heterocycles. The summed E-state index contributed by atoms with van der Waals surface area (Å²) in [6.07, 6.45) is 30.9. The van der Waals surface area contributed by atoms with Gasteiger partial charge < -0.3 is 18.9 Å². The van der Waals surface area contributed by atoms with Gasteiger partial charge in [-0.1, -0.05) is 209 Å². The summed E-state index contributed by atoms with van der Waals surface area (Å²) < 4.78 is 23.4. The van der Waals surface area contributed by atoms with Crippen LogP contribution < -0.4 is 0 Å². The van der Waals surface area contributed by atoms with Crippen molar-refractivity contribution in [3.8, 4) is 0 Å². The lowest BCUT2D eigenvalue weighted by molar-refractivity contribution is -0.175. The molecule has 0 bridgehead atoms. The Morgan fingerprint density at radius 2 is 0.452 bits per heavy atom. The first-order chi connectivity index (χ1) is 29.8. The molecule has 0 saturated heterocycles. The Kier molecular flexibility index (Phi) is 35.7. The first-order valence-corrected chi connectivity index (χ1v) is 26.5. The third-order valence-corrected chi connectivity index (χ3v) is 12.9. The minimum absolute atomic E-state index is 0.00958. The highest BCUT2D eigenvalue weighted by molar-refractivity contribution is 5.87. The number of rotatable bonds is 40. The number of hydrogen-bond donors (Lipinski definition) is 0. The van der Waals surface area contributed by atoms with Crippen LogP contribution in [0.3, 0.4) is 0 Å². The molecule has 0 aliphatic heterocycles. The molecular formula is C54H100O8. The molecule has 364 valence electrons. The Morgan fingerprint density at radius 3 is 0.629 bits per heavy atom. The summed E-state index contributed by atoms with van der Waals surface area (Å²) in [5, 5.41) is 0. The van der Waals surface area contributed by atoms with Gasteiger partial charge in [-0.25, -0.2) is 0 Å². The smallest absolute Gasteiger partial charge is 0.309 e. The number of hydrogen-bond acceptors (Lipinski definition) is 8. The molecule has 1 aliphatic carbocycles. The lowest BCUT2D eigenvalue weighted by Crippen LogP contribution is -2.46. The van der Waals surface area contributed by atoms with Crippen LogP contribution in [0.1, 0.15) is 248 Å². The largest absolute Gasteiger partial charge is 0.465 e. The van der Waals surface area contributed by atoms with Crippen molar-refractivity contribution in [2.75, 3.05) is 26.4 Å². The van der Waals surface area contributed by atoms with Crippen LogP contribution in [0.25, 0.3) is 0 Å². The van der Waals surface area contributed by atoms with Crippen LogP contribution in [0.4, 0.5) is 0 Å². The number of carbonyl (C=O) groups is 4. The fourth-order valence-corrected chi connectivity index (χ4v) is 8.81. The molecule has 0 aromatic rings. The predicted molar refractivity (Wildman–Crippen MR) is 256 cm³/mol. The van der Waals surface area contributed by atoms with E-state index in [1.165, 1.54) is 103 Å². The highest BCUT2D eigenvalue weighted by atomic mass is 16.5. The maximum absolute atomic E-state index is 13.9. The topological polar surface area (TPSA) is 105 Å². The molecule has 0 N–H and O–H groups in total. The number of unbranched alkanes of at least 4 members (excludes halogenated alkanes) is 20. The van der Waals surface area contributed by atoms with Crippen LogP contribution in [-0.4, -0.2) is 50.3 Å². The van der Waals surface area contributed by atoms with Gasteiger partial charge in [0.25, 0.3) is 0 Å². The van der Waals surface area contributed by atoms with Crippen molar-refractivity contribution < 1.29 is 38.1 Å². The van der Waals surface area contributed by atoms with Crippen LogP contribution in [-0.2, 0) is 38.1 Å². The van der Waals surface area contributed by atoms with Crippen molar-refractivity contribution in [1.29, 1.82) is 0 Å². The third-order valence-electron chi connectivity index (χ3n) is 12.9. The van der Waals surface area contributed by atoms with Crippen molar-refractivity contribution in [1.82, 2.24) is 0 Å². The summed E-state index contributed by atoms with van der Waals surface area (Å²) >= 11 is 0. The molecule has 1 aliphatic rings. The fourth-order valence-electron chi connectivity index (χ4n) is 8.81. The third kappa shape index (κ3) is 30.9. The van der Waals surface area contributed by atoms with E-state index in [1.807, 2.05) is 0 Å². The van der Waals surface area contributed by atoms with Crippen molar-refractivity contribution in [3.63, 3.8) is 0 Å². The SMILES string of the molecule is CC(C)CCCCCCCCOC(=O)C1CC(C(=O)OCCCCCCCCC(C)C)C(C(=O)OCCCCCCCCC(C)C)CC1C(=O)OCCCCCCCCC(C)C. The van der Waals surface area contributed by atoms with Gasteiger partial charge in [-0.2, -0.15) is 0 Å². The van der Waals surface area contributed by atoms with Gasteiger partial charge in [0.2, 0.25) is 0 Å². The first-order valence-electron chi connectivity index (χ1n) is 26.5. The van der Waals surface area contributed by atoms with Gasteiger partial charge in [0.15, 0.2) is 0 Å². The van der Waals surface area contributed by atoms with Gasteiger partial charge in [-0.15, -0.1) is 0 Å². The van der Waals surface area contributed by atoms with E-state index in [4.69, 9.17) is 18.9 Å². The van der Waals surface area contributed by atoms with E-state index in [9.17, 15) is 19.2 Å². The van der Waals surface area contributed by atoms with E-state index in [0.29, 0.717) is 0 Å². The summed E-state index contributed by atoms with van der Waals surface area (Å²) in [6.45, 7) is 19.2. The zero-order valence-electron chi connectivity index (χ0n) is 41.9. The lowest BCUT2D eigenvalue weighted by Gasteiger charge is -2.37. The van der Waals surface area contributed by atoms with E-state index in [0.717, 1.165) is 101 Å². The molecular weight excluding hydrogens is 777 g/mol. The van der Waals surface area contributed by atoms with Crippen LogP contribution in [0.15, 0.2) is 0 Å². The molecule has 1 saturated carbocycles.